The van der Waals surface area contributed by atoms with Crippen LogP contribution in [0.1, 0.15) is 11.3 Å². The van der Waals surface area contributed by atoms with Crippen molar-refractivity contribution >= 4 is 33.7 Å². The maximum Gasteiger partial charge on any atom is 0.311 e. The number of aromatic amines is 1. The molecule has 0 fully saturated rings. The molecule has 2 rings (SSSR count). The Labute approximate surface area is 134 Å². The Morgan fingerprint density at radius 1 is 1.38 bits per heavy atom. The highest BCUT2D eigenvalue weighted by molar-refractivity contribution is 9.10. The smallest absolute Gasteiger partial charge is 0.311 e. The molecule has 0 bridgehead atoms. The lowest BCUT2D eigenvalue weighted by molar-refractivity contribution is -0.139. The highest BCUT2D eigenvalue weighted by Gasteiger charge is 2.08. The number of carbonyl (C=O) groups is 1. The molecule has 0 unspecified atom stereocenters. The van der Waals surface area contributed by atoms with E-state index in [-0.39, 0.29) is 12.0 Å². The first-order valence-electron chi connectivity index (χ1n) is 6.11. The zero-order valence-corrected chi connectivity index (χ0v) is 13.7. The Balaban J connectivity index is 2.07. The zero-order valence-electron chi connectivity index (χ0n) is 11.3. The van der Waals surface area contributed by atoms with Crippen LogP contribution in [0.25, 0.3) is 0 Å². The Morgan fingerprint density at radius 2 is 2.10 bits per heavy atom. The van der Waals surface area contributed by atoms with Gasteiger partial charge in [-0.3, -0.25) is 9.59 Å². The van der Waals surface area contributed by atoms with Crippen molar-refractivity contribution in [2.45, 2.75) is 17.3 Å². The van der Waals surface area contributed by atoms with Crippen LogP contribution in [0.2, 0.25) is 0 Å². The molecule has 1 aromatic carbocycles. The molecule has 0 aliphatic carbocycles. The SMILES string of the molecule is COC(=O)Cc1cc(=O)[nH]c(SCc2ccc(Br)cc2)n1. The summed E-state index contributed by atoms with van der Waals surface area (Å²) in [7, 11) is 1.30. The van der Waals surface area contributed by atoms with Crippen molar-refractivity contribution in [3.8, 4) is 0 Å². The van der Waals surface area contributed by atoms with E-state index in [4.69, 9.17) is 0 Å². The number of halogens is 1. The fourth-order valence-corrected chi connectivity index (χ4v) is 2.71. The summed E-state index contributed by atoms with van der Waals surface area (Å²) in [6.45, 7) is 0. The molecule has 0 amide bonds. The molecule has 0 aliphatic heterocycles. The number of ether oxygens (including phenoxy) is 1. The molecule has 1 N–H and O–H groups in total. The van der Waals surface area contributed by atoms with Gasteiger partial charge in [0.15, 0.2) is 5.16 Å². The molecule has 2 aromatic rings. The Kier molecular flexibility index (Phi) is 5.58. The summed E-state index contributed by atoms with van der Waals surface area (Å²) in [5.74, 6) is 0.259. The first-order chi connectivity index (χ1) is 10.1. The summed E-state index contributed by atoms with van der Waals surface area (Å²) in [4.78, 5) is 29.7. The minimum absolute atomic E-state index is 0.00767. The Hall–Kier alpha value is -1.60. The number of hydrogen-bond acceptors (Lipinski definition) is 5. The van der Waals surface area contributed by atoms with E-state index in [1.165, 1.54) is 24.9 Å². The van der Waals surface area contributed by atoms with E-state index in [2.05, 4.69) is 30.6 Å². The maximum absolute atomic E-state index is 11.6. The monoisotopic (exact) mass is 368 g/mol. The molecule has 1 heterocycles. The average Bonchev–Trinajstić information content (AvgIpc) is 2.46. The number of rotatable bonds is 5. The lowest BCUT2D eigenvalue weighted by Gasteiger charge is -2.04. The van der Waals surface area contributed by atoms with Gasteiger partial charge >= 0.3 is 5.97 Å². The van der Waals surface area contributed by atoms with Gasteiger partial charge in [0.1, 0.15) is 0 Å². The number of H-pyrrole nitrogens is 1. The van der Waals surface area contributed by atoms with Crippen LogP contribution < -0.4 is 5.56 Å². The molecule has 0 spiro atoms. The van der Waals surface area contributed by atoms with Crippen LogP contribution in [-0.2, 0) is 21.7 Å². The molecule has 0 radical (unpaired) electrons. The molecule has 1 aromatic heterocycles. The van der Waals surface area contributed by atoms with Crippen molar-refractivity contribution in [1.82, 2.24) is 9.97 Å². The van der Waals surface area contributed by atoms with Gasteiger partial charge in [-0.05, 0) is 17.7 Å². The minimum atomic E-state index is -0.419. The van der Waals surface area contributed by atoms with Crippen LogP contribution in [0.5, 0.6) is 0 Å². The van der Waals surface area contributed by atoms with E-state index in [0.717, 1.165) is 10.0 Å². The predicted molar refractivity (Wildman–Crippen MR) is 84.3 cm³/mol. The summed E-state index contributed by atoms with van der Waals surface area (Å²) in [6.07, 6.45) is -0.00767. The number of thioether (sulfide) groups is 1. The standard InChI is InChI=1S/C14H13BrN2O3S/c1-20-13(19)7-11-6-12(18)17-14(16-11)21-8-9-2-4-10(15)5-3-9/h2-6H,7-8H2,1H3,(H,16,17,18). The van der Waals surface area contributed by atoms with Gasteiger partial charge in [0.2, 0.25) is 0 Å². The third-order valence-corrected chi connectivity index (χ3v) is 4.09. The van der Waals surface area contributed by atoms with Gasteiger partial charge in [0.25, 0.3) is 5.56 Å². The number of aromatic nitrogens is 2. The fourth-order valence-electron chi connectivity index (χ4n) is 1.59. The zero-order chi connectivity index (χ0) is 15.2. The van der Waals surface area contributed by atoms with Crippen LogP contribution >= 0.6 is 27.7 Å². The number of carbonyl (C=O) groups excluding carboxylic acids is 1. The molecule has 0 saturated heterocycles. The molecule has 0 atom stereocenters. The number of nitrogens with zero attached hydrogens (tertiary/aromatic N) is 1. The third kappa shape index (κ3) is 5.02. The van der Waals surface area contributed by atoms with Crippen LogP contribution in [-0.4, -0.2) is 23.0 Å². The number of methoxy groups -OCH3 is 1. The number of esters is 1. The molecular weight excluding hydrogens is 356 g/mol. The lowest BCUT2D eigenvalue weighted by Crippen LogP contribution is -2.13. The summed E-state index contributed by atoms with van der Waals surface area (Å²) in [5, 5.41) is 0.490. The first-order valence-corrected chi connectivity index (χ1v) is 7.89. The van der Waals surface area contributed by atoms with Gasteiger partial charge in [-0.1, -0.05) is 39.8 Å². The van der Waals surface area contributed by atoms with Gasteiger partial charge in [-0.25, -0.2) is 4.98 Å². The molecule has 0 aliphatic rings. The summed E-state index contributed by atoms with van der Waals surface area (Å²) < 4.78 is 5.59. The third-order valence-electron chi connectivity index (χ3n) is 2.61. The van der Waals surface area contributed by atoms with Crippen molar-refractivity contribution in [2.24, 2.45) is 0 Å². The van der Waals surface area contributed by atoms with Gasteiger partial charge in [0.05, 0.1) is 19.2 Å². The van der Waals surface area contributed by atoms with Crippen molar-refractivity contribution in [3.63, 3.8) is 0 Å². The van der Waals surface area contributed by atoms with Crippen LogP contribution in [0.3, 0.4) is 0 Å². The van der Waals surface area contributed by atoms with E-state index in [9.17, 15) is 9.59 Å². The van der Waals surface area contributed by atoms with E-state index >= 15 is 0 Å². The quantitative estimate of drug-likeness (QED) is 0.498. The summed E-state index contributed by atoms with van der Waals surface area (Å²) >= 11 is 4.79. The largest absolute Gasteiger partial charge is 0.469 e. The molecule has 110 valence electrons. The van der Waals surface area contributed by atoms with E-state index in [1.807, 2.05) is 24.3 Å². The molecule has 21 heavy (non-hydrogen) atoms. The van der Waals surface area contributed by atoms with Crippen LogP contribution in [0, 0.1) is 0 Å². The second-order valence-corrected chi connectivity index (χ2v) is 6.09. The second kappa shape index (κ2) is 7.42. The van der Waals surface area contributed by atoms with Gasteiger partial charge in [-0.15, -0.1) is 0 Å². The average molecular weight is 369 g/mol. The number of benzene rings is 1. The maximum atomic E-state index is 11.6. The second-order valence-electron chi connectivity index (χ2n) is 4.21. The number of nitrogens with one attached hydrogen (secondary N) is 1. The van der Waals surface area contributed by atoms with E-state index < -0.39 is 5.97 Å². The van der Waals surface area contributed by atoms with Crippen molar-refractivity contribution in [3.05, 3.63) is 56.4 Å². The molecular formula is C14H13BrN2O3S. The predicted octanol–water partition coefficient (Wildman–Crippen LogP) is 2.54. The topological polar surface area (TPSA) is 72.1 Å². The van der Waals surface area contributed by atoms with Crippen LogP contribution in [0.15, 0.2) is 44.8 Å². The highest BCUT2D eigenvalue weighted by atomic mass is 79.9. The van der Waals surface area contributed by atoms with Gasteiger partial charge < -0.3 is 9.72 Å². The molecule has 0 saturated carbocycles. The van der Waals surface area contributed by atoms with E-state index in [0.29, 0.717) is 16.6 Å². The van der Waals surface area contributed by atoms with Crippen molar-refractivity contribution < 1.29 is 9.53 Å². The lowest BCUT2D eigenvalue weighted by atomic mass is 10.2. The minimum Gasteiger partial charge on any atom is -0.469 e. The Morgan fingerprint density at radius 3 is 2.76 bits per heavy atom. The summed E-state index contributed by atoms with van der Waals surface area (Å²) in [5.41, 5.74) is 1.25. The van der Waals surface area contributed by atoms with E-state index in [1.54, 1.807) is 0 Å². The summed E-state index contributed by atoms with van der Waals surface area (Å²) in [6, 6.07) is 9.21. The molecule has 5 nitrogen and oxygen atoms in total. The normalized spacial score (nSPS) is 10.4. The fraction of sp³-hybridized carbons (Fsp3) is 0.214. The highest BCUT2D eigenvalue weighted by Crippen LogP contribution is 2.20. The molecule has 7 heteroatoms. The van der Waals surface area contributed by atoms with Crippen molar-refractivity contribution in [2.75, 3.05) is 7.11 Å². The van der Waals surface area contributed by atoms with Crippen molar-refractivity contribution in [1.29, 1.82) is 0 Å². The Bertz CT molecular complexity index is 685. The van der Waals surface area contributed by atoms with Gasteiger partial charge in [0, 0.05) is 16.3 Å². The number of hydrogen-bond donors (Lipinski definition) is 1. The first kappa shape index (κ1) is 15.8. The van der Waals surface area contributed by atoms with Crippen LogP contribution in [0.4, 0.5) is 0 Å². The van der Waals surface area contributed by atoms with Gasteiger partial charge in [-0.2, -0.15) is 0 Å².